The van der Waals surface area contributed by atoms with Gasteiger partial charge in [0.2, 0.25) is 0 Å². The Balaban J connectivity index is 1.69. The van der Waals surface area contributed by atoms with Crippen molar-refractivity contribution in [2.75, 3.05) is 7.11 Å². The van der Waals surface area contributed by atoms with Gasteiger partial charge < -0.3 is 4.74 Å². The van der Waals surface area contributed by atoms with Crippen molar-refractivity contribution in [1.29, 1.82) is 0 Å². The molecule has 132 valence electrons. The number of rotatable bonds is 8. The van der Waals surface area contributed by atoms with Crippen molar-refractivity contribution in [2.24, 2.45) is 0 Å². The Bertz CT molecular complexity index is 885. The summed E-state index contributed by atoms with van der Waals surface area (Å²) in [6.07, 6.45) is 2.00. The van der Waals surface area contributed by atoms with Crippen LogP contribution in [0.4, 0.5) is 0 Å². The van der Waals surface area contributed by atoms with E-state index in [1.54, 1.807) is 23.0 Å². The van der Waals surface area contributed by atoms with Gasteiger partial charge in [-0.1, -0.05) is 37.2 Å². The summed E-state index contributed by atoms with van der Waals surface area (Å²) in [6, 6.07) is 7.88. The molecule has 0 radical (unpaired) electrons. The standard InChI is InChI=1S/C17H20N4O2S2/c1-3-4-8-21-16(22)19-20-17(21)25-11-13-10-24-15(18-13)12-6-5-7-14(9-12)23-2/h5-7,9-10H,3-4,8,11H2,1-2H3,(H,19,22). The molecule has 0 bridgehead atoms. The molecular formula is C17H20N4O2S2. The quantitative estimate of drug-likeness (QED) is 0.606. The number of benzene rings is 1. The molecule has 0 saturated heterocycles. The van der Waals surface area contributed by atoms with Crippen molar-refractivity contribution in [3.05, 3.63) is 45.8 Å². The lowest BCUT2D eigenvalue weighted by molar-refractivity contribution is 0.415. The first-order valence-corrected chi connectivity index (χ1v) is 9.94. The first kappa shape index (κ1) is 17.8. The Kier molecular flexibility index (Phi) is 5.93. The predicted molar refractivity (Wildman–Crippen MR) is 101 cm³/mol. The maximum absolute atomic E-state index is 11.8. The second-order valence-electron chi connectivity index (χ2n) is 5.48. The SMILES string of the molecule is CCCCn1c(SCc2csc(-c3cccc(OC)c3)n2)n[nH]c1=O. The number of hydrogen-bond acceptors (Lipinski definition) is 6. The fraction of sp³-hybridized carbons (Fsp3) is 0.353. The number of thioether (sulfide) groups is 1. The first-order chi connectivity index (χ1) is 12.2. The van der Waals surface area contributed by atoms with Gasteiger partial charge in [0.05, 0.1) is 12.8 Å². The van der Waals surface area contributed by atoms with Gasteiger partial charge in [0, 0.05) is 23.2 Å². The highest BCUT2D eigenvalue weighted by Crippen LogP contribution is 2.29. The van der Waals surface area contributed by atoms with Gasteiger partial charge in [-0.25, -0.2) is 14.9 Å². The molecule has 25 heavy (non-hydrogen) atoms. The van der Waals surface area contributed by atoms with Gasteiger partial charge in [-0.15, -0.1) is 16.4 Å². The second kappa shape index (κ2) is 8.35. The van der Waals surface area contributed by atoms with Crippen LogP contribution in [0, 0.1) is 0 Å². The van der Waals surface area contributed by atoms with E-state index in [0.29, 0.717) is 12.3 Å². The number of aromatic amines is 1. The van der Waals surface area contributed by atoms with Crippen molar-refractivity contribution < 1.29 is 4.74 Å². The van der Waals surface area contributed by atoms with Crippen LogP contribution >= 0.6 is 23.1 Å². The van der Waals surface area contributed by atoms with Crippen LogP contribution in [0.25, 0.3) is 10.6 Å². The molecule has 0 aliphatic carbocycles. The number of H-pyrrole nitrogens is 1. The summed E-state index contributed by atoms with van der Waals surface area (Å²) in [5.41, 5.74) is 1.87. The molecule has 1 aromatic carbocycles. The zero-order chi connectivity index (χ0) is 17.6. The molecule has 3 rings (SSSR count). The van der Waals surface area contributed by atoms with E-state index in [-0.39, 0.29) is 5.69 Å². The lowest BCUT2D eigenvalue weighted by Crippen LogP contribution is -2.17. The smallest absolute Gasteiger partial charge is 0.343 e. The highest BCUT2D eigenvalue weighted by molar-refractivity contribution is 7.98. The molecular weight excluding hydrogens is 356 g/mol. The zero-order valence-corrected chi connectivity index (χ0v) is 15.8. The number of ether oxygens (including phenoxy) is 1. The lowest BCUT2D eigenvalue weighted by Gasteiger charge is -2.03. The summed E-state index contributed by atoms with van der Waals surface area (Å²) < 4.78 is 6.96. The molecule has 0 atom stereocenters. The monoisotopic (exact) mass is 376 g/mol. The highest BCUT2D eigenvalue weighted by Gasteiger charge is 2.11. The minimum Gasteiger partial charge on any atom is -0.497 e. The minimum absolute atomic E-state index is 0.147. The summed E-state index contributed by atoms with van der Waals surface area (Å²) in [4.78, 5) is 16.5. The van der Waals surface area contributed by atoms with Crippen molar-refractivity contribution in [3.8, 4) is 16.3 Å². The maximum atomic E-state index is 11.8. The fourth-order valence-electron chi connectivity index (χ4n) is 2.33. The van der Waals surface area contributed by atoms with Crippen LogP contribution in [0.5, 0.6) is 5.75 Å². The van der Waals surface area contributed by atoms with Gasteiger partial charge in [0.15, 0.2) is 5.16 Å². The van der Waals surface area contributed by atoms with Crippen LogP contribution in [0.2, 0.25) is 0 Å². The van der Waals surface area contributed by atoms with E-state index >= 15 is 0 Å². The van der Waals surface area contributed by atoms with E-state index in [1.165, 1.54) is 11.8 Å². The van der Waals surface area contributed by atoms with E-state index < -0.39 is 0 Å². The highest BCUT2D eigenvalue weighted by atomic mass is 32.2. The molecule has 0 fully saturated rings. The van der Waals surface area contributed by atoms with Gasteiger partial charge >= 0.3 is 5.69 Å². The summed E-state index contributed by atoms with van der Waals surface area (Å²) in [6.45, 7) is 2.80. The maximum Gasteiger partial charge on any atom is 0.343 e. The van der Waals surface area contributed by atoms with Crippen LogP contribution < -0.4 is 10.4 Å². The number of unbranched alkanes of at least 4 members (excludes halogenated alkanes) is 1. The molecule has 1 N–H and O–H groups in total. The Morgan fingerprint density at radius 1 is 1.40 bits per heavy atom. The van der Waals surface area contributed by atoms with Gasteiger partial charge in [0.1, 0.15) is 10.8 Å². The fourth-order valence-corrected chi connectivity index (χ4v) is 4.11. The van der Waals surface area contributed by atoms with E-state index in [9.17, 15) is 4.79 Å². The molecule has 2 aromatic heterocycles. The molecule has 2 heterocycles. The summed E-state index contributed by atoms with van der Waals surface area (Å²) >= 11 is 3.13. The van der Waals surface area contributed by atoms with Crippen LogP contribution in [-0.4, -0.2) is 26.9 Å². The third-order valence-corrected chi connectivity index (χ3v) is 5.63. The number of aromatic nitrogens is 4. The van der Waals surface area contributed by atoms with Gasteiger partial charge in [-0.05, 0) is 18.6 Å². The van der Waals surface area contributed by atoms with Crippen LogP contribution in [0.3, 0.4) is 0 Å². The number of thiazole rings is 1. The number of nitrogens with zero attached hydrogens (tertiary/aromatic N) is 3. The molecule has 0 unspecified atom stereocenters. The van der Waals surface area contributed by atoms with E-state index in [1.807, 2.05) is 29.6 Å². The number of nitrogens with one attached hydrogen (secondary N) is 1. The van der Waals surface area contributed by atoms with E-state index in [0.717, 1.165) is 40.0 Å². The summed E-state index contributed by atoms with van der Waals surface area (Å²) in [7, 11) is 1.66. The molecule has 0 aliphatic heterocycles. The lowest BCUT2D eigenvalue weighted by atomic mass is 10.2. The number of methoxy groups -OCH3 is 1. The number of hydrogen-bond donors (Lipinski definition) is 1. The Hall–Kier alpha value is -2.06. The van der Waals surface area contributed by atoms with Gasteiger partial charge in [-0.2, -0.15) is 0 Å². The van der Waals surface area contributed by atoms with Crippen LogP contribution in [0.15, 0.2) is 39.6 Å². The van der Waals surface area contributed by atoms with E-state index in [2.05, 4.69) is 22.1 Å². The Morgan fingerprint density at radius 3 is 3.08 bits per heavy atom. The third kappa shape index (κ3) is 4.32. The first-order valence-electron chi connectivity index (χ1n) is 8.08. The largest absolute Gasteiger partial charge is 0.497 e. The summed E-state index contributed by atoms with van der Waals surface area (Å²) in [5.74, 6) is 1.50. The van der Waals surface area contributed by atoms with Gasteiger partial charge in [0.25, 0.3) is 0 Å². The van der Waals surface area contributed by atoms with E-state index in [4.69, 9.17) is 4.74 Å². The topological polar surface area (TPSA) is 72.8 Å². The van der Waals surface area contributed by atoms with Crippen LogP contribution in [-0.2, 0) is 12.3 Å². The molecule has 3 aromatic rings. The Labute approximate surface area is 154 Å². The molecule has 0 saturated carbocycles. The van der Waals surface area contributed by atoms with Crippen molar-refractivity contribution in [1.82, 2.24) is 19.7 Å². The molecule has 0 spiro atoms. The normalized spacial score (nSPS) is 11.0. The molecule has 0 amide bonds. The summed E-state index contributed by atoms with van der Waals surface area (Å²) in [5, 5.41) is 10.4. The predicted octanol–water partition coefficient (Wildman–Crippen LogP) is 3.80. The van der Waals surface area contributed by atoms with Crippen molar-refractivity contribution in [3.63, 3.8) is 0 Å². The van der Waals surface area contributed by atoms with Crippen molar-refractivity contribution in [2.45, 2.75) is 37.2 Å². The average Bonchev–Trinajstić information content (AvgIpc) is 3.25. The van der Waals surface area contributed by atoms with Gasteiger partial charge in [-0.3, -0.25) is 4.57 Å². The third-order valence-electron chi connectivity index (χ3n) is 3.68. The molecule has 0 aliphatic rings. The minimum atomic E-state index is -0.147. The molecule has 6 nitrogen and oxygen atoms in total. The van der Waals surface area contributed by atoms with Crippen LogP contribution in [0.1, 0.15) is 25.5 Å². The Morgan fingerprint density at radius 2 is 2.28 bits per heavy atom. The van der Waals surface area contributed by atoms with Crippen molar-refractivity contribution >= 4 is 23.1 Å². The second-order valence-corrected chi connectivity index (χ2v) is 7.28. The average molecular weight is 377 g/mol. The zero-order valence-electron chi connectivity index (χ0n) is 14.2. The molecule has 8 heteroatoms.